The Bertz CT molecular complexity index is 372. The van der Waals surface area contributed by atoms with Gasteiger partial charge in [0.25, 0.3) is 0 Å². The van der Waals surface area contributed by atoms with E-state index in [1.165, 1.54) is 12.8 Å². The van der Waals surface area contributed by atoms with Crippen molar-refractivity contribution in [3.05, 3.63) is 0 Å². The highest BCUT2D eigenvalue weighted by Gasteiger charge is 2.34. The van der Waals surface area contributed by atoms with Crippen molar-refractivity contribution in [1.29, 1.82) is 0 Å². The van der Waals surface area contributed by atoms with E-state index in [0.717, 1.165) is 12.8 Å². The van der Waals surface area contributed by atoms with Gasteiger partial charge in [0.2, 0.25) is 0 Å². The lowest BCUT2D eigenvalue weighted by atomic mass is 9.93. The zero-order valence-corrected chi connectivity index (χ0v) is 12.5. The van der Waals surface area contributed by atoms with E-state index in [1.54, 1.807) is 4.90 Å². The third-order valence-corrected chi connectivity index (χ3v) is 5.12. The maximum atomic E-state index is 12.3. The Morgan fingerprint density at radius 2 is 2.05 bits per heavy atom. The van der Waals surface area contributed by atoms with Crippen LogP contribution in [0.5, 0.6) is 0 Å². The molecule has 1 aliphatic carbocycles. The SMILES string of the molecule is CCC1CCC(NC(=O)N2CCC[C@@H](C(=O)O)C2)C1C. The van der Waals surface area contributed by atoms with E-state index in [9.17, 15) is 9.59 Å². The van der Waals surface area contributed by atoms with Crippen LogP contribution in [-0.4, -0.2) is 41.1 Å². The van der Waals surface area contributed by atoms with Gasteiger partial charge in [-0.25, -0.2) is 4.79 Å². The Kier molecular flexibility index (Phi) is 4.89. The molecule has 1 aliphatic heterocycles. The minimum atomic E-state index is -0.789. The van der Waals surface area contributed by atoms with E-state index in [2.05, 4.69) is 19.2 Å². The van der Waals surface area contributed by atoms with E-state index in [4.69, 9.17) is 5.11 Å². The van der Waals surface area contributed by atoms with Crippen molar-refractivity contribution in [2.75, 3.05) is 13.1 Å². The summed E-state index contributed by atoms with van der Waals surface area (Å²) in [5.41, 5.74) is 0. The molecular weight excluding hydrogens is 256 g/mol. The van der Waals surface area contributed by atoms with Crippen LogP contribution in [0.1, 0.15) is 46.0 Å². The fourth-order valence-electron chi connectivity index (χ4n) is 3.64. The molecule has 2 fully saturated rings. The van der Waals surface area contributed by atoms with Crippen molar-refractivity contribution in [2.24, 2.45) is 17.8 Å². The molecular formula is C15H26N2O3. The van der Waals surface area contributed by atoms with Crippen molar-refractivity contribution >= 4 is 12.0 Å². The van der Waals surface area contributed by atoms with Crippen molar-refractivity contribution in [1.82, 2.24) is 10.2 Å². The molecule has 4 atom stereocenters. The van der Waals surface area contributed by atoms with Crippen LogP contribution in [0, 0.1) is 17.8 Å². The van der Waals surface area contributed by atoms with E-state index in [-0.39, 0.29) is 12.1 Å². The number of likely N-dealkylation sites (tertiary alicyclic amines) is 1. The molecule has 20 heavy (non-hydrogen) atoms. The van der Waals surface area contributed by atoms with Gasteiger partial charge in [-0.05, 0) is 37.5 Å². The number of piperidine rings is 1. The van der Waals surface area contributed by atoms with Crippen LogP contribution < -0.4 is 5.32 Å². The molecule has 2 rings (SSSR count). The smallest absolute Gasteiger partial charge is 0.317 e. The second-order valence-corrected chi connectivity index (χ2v) is 6.28. The molecule has 1 saturated carbocycles. The Labute approximate surface area is 120 Å². The summed E-state index contributed by atoms with van der Waals surface area (Å²) >= 11 is 0. The number of hydrogen-bond acceptors (Lipinski definition) is 2. The van der Waals surface area contributed by atoms with Gasteiger partial charge in [0.05, 0.1) is 5.92 Å². The Hall–Kier alpha value is -1.26. The monoisotopic (exact) mass is 282 g/mol. The maximum absolute atomic E-state index is 12.3. The Morgan fingerprint density at radius 1 is 1.30 bits per heavy atom. The zero-order valence-electron chi connectivity index (χ0n) is 12.5. The zero-order chi connectivity index (χ0) is 14.7. The number of hydrogen-bond donors (Lipinski definition) is 2. The van der Waals surface area contributed by atoms with Crippen LogP contribution in [0.3, 0.4) is 0 Å². The largest absolute Gasteiger partial charge is 0.481 e. The molecule has 0 bridgehead atoms. The average Bonchev–Trinajstić information content (AvgIpc) is 2.79. The van der Waals surface area contributed by atoms with Crippen LogP contribution in [0.4, 0.5) is 4.79 Å². The summed E-state index contributed by atoms with van der Waals surface area (Å²) in [4.78, 5) is 25.0. The highest BCUT2D eigenvalue weighted by atomic mass is 16.4. The molecule has 3 unspecified atom stereocenters. The summed E-state index contributed by atoms with van der Waals surface area (Å²) in [6.45, 7) is 5.43. The number of nitrogens with zero attached hydrogens (tertiary/aromatic N) is 1. The van der Waals surface area contributed by atoms with Gasteiger partial charge < -0.3 is 15.3 Å². The van der Waals surface area contributed by atoms with E-state index < -0.39 is 11.9 Å². The van der Waals surface area contributed by atoms with Crippen LogP contribution in [-0.2, 0) is 4.79 Å². The number of carbonyl (C=O) groups is 2. The summed E-state index contributed by atoms with van der Waals surface area (Å²) in [7, 11) is 0. The molecule has 0 radical (unpaired) electrons. The molecule has 0 spiro atoms. The number of urea groups is 1. The topological polar surface area (TPSA) is 69.6 Å². The molecule has 5 heteroatoms. The van der Waals surface area contributed by atoms with Gasteiger partial charge in [-0.1, -0.05) is 20.3 Å². The lowest BCUT2D eigenvalue weighted by Gasteiger charge is -2.32. The quantitative estimate of drug-likeness (QED) is 0.834. The van der Waals surface area contributed by atoms with Crippen molar-refractivity contribution < 1.29 is 14.7 Å². The number of nitrogens with one attached hydrogen (secondary N) is 1. The van der Waals surface area contributed by atoms with Crippen molar-refractivity contribution in [3.63, 3.8) is 0 Å². The van der Waals surface area contributed by atoms with Crippen molar-refractivity contribution in [2.45, 2.75) is 52.0 Å². The maximum Gasteiger partial charge on any atom is 0.317 e. The number of aliphatic carboxylic acids is 1. The number of amides is 2. The van der Waals surface area contributed by atoms with Gasteiger partial charge in [-0.2, -0.15) is 0 Å². The molecule has 5 nitrogen and oxygen atoms in total. The van der Waals surface area contributed by atoms with Crippen molar-refractivity contribution in [3.8, 4) is 0 Å². The normalized spacial score (nSPS) is 34.0. The molecule has 1 saturated heterocycles. The molecule has 2 amide bonds. The van der Waals surface area contributed by atoms with E-state index in [1.807, 2.05) is 0 Å². The molecule has 0 aromatic rings. The second kappa shape index (κ2) is 6.46. The summed E-state index contributed by atoms with van der Waals surface area (Å²) < 4.78 is 0. The minimum Gasteiger partial charge on any atom is -0.481 e. The van der Waals surface area contributed by atoms with Gasteiger partial charge in [0, 0.05) is 19.1 Å². The predicted octanol–water partition coefficient (Wildman–Crippen LogP) is 2.32. The number of rotatable bonds is 3. The van der Waals surface area contributed by atoms with Gasteiger partial charge in [-0.3, -0.25) is 4.79 Å². The van der Waals surface area contributed by atoms with Crippen LogP contribution in [0.2, 0.25) is 0 Å². The summed E-state index contributed by atoms with van der Waals surface area (Å²) in [5.74, 6) is 0.0270. The van der Waals surface area contributed by atoms with E-state index >= 15 is 0 Å². The second-order valence-electron chi connectivity index (χ2n) is 6.28. The highest BCUT2D eigenvalue weighted by Crippen LogP contribution is 2.34. The average molecular weight is 282 g/mol. The first-order chi connectivity index (χ1) is 9.52. The summed E-state index contributed by atoms with van der Waals surface area (Å²) in [5, 5.41) is 12.2. The number of carbonyl (C=O) groups excluding carboxylic acids is 1. The Balaban J connectivity index is 1.87. The lowest BCUT2D eigenvalue weighted by molar-refractivity contribution is -0.143. The first kappa shape index (κ1) is 15.1. The van der Waals surface area contributed by atoms with Crippen LogP contribution in [0.25, 0.3) is 0 Å². The molecule has 2 N–H and O–H groups in total. The third-order valence-electron chi connectivity index (χ3n) is 5.12. The van der Waals surface area contributed by atoms with Gasteiger partial charge in [0.15, 0.2) is 0 Å². The minimum absolute atomic E-state index is 0.0791. The van der Waals surface area contributed by atoms with Gasteiger partial charge >= 0.3 is 12.0 Å². The first-order valence-electron chi connectivity index (χ1n) is 7.81. The lowest BCUT2D eigenvalue weighted by Crippen LogP contribution is -2.50. The predicted molar refractivity (Wildman–Crippen MR) is 76.4 cm³/mol. The summed E-state index contributed by atoms with van der Waals surface area (Å²) in [6.07, 6.45) is 4.85. The first-order valence-corrected chi connectivity index (χ1v) is 7.81. The third kappa shape index (κ3) is 3.25. The Morgan fingerprint density at radius 3 is 2.65 bits per heavy atom. The van der Waals surface area contributed by atoms with Crippen LogP contribution >= 0.6 is 0 Å². The standard InChI is InChI=1S/C15H26N2O3/c1-3-11-6-7-13(10(11)2)16-15(20)17-8-4-5-12(9-17)14(18)19/h10-13H,3-9H2,1-2H3,(H,16,20)(H,18,19)/t10?,11?,12-,13?/m1/s1. The van der Waals surface area contributed by atoms with Gasteiger partial charge in [0.1, 0.15) is 0 Å². The van der Waals surface area contributed by atoms with Gasteiger partial charge in [-0.15, -0.1) is 0 Å². The number of carboxylic acids is 1. The van der Waals surface area contributed by atoms with E-state index in [0.29, 0.717) is 31.3 Å². The summed E-state index contributed by atoms with van der Waals surface area (Å²) in [6, 6.07) is 0.169. The fourth-order valence-corrected chi connectivity index (χ4v) is 3.64. The molecule has 0 aromatic carbocycles. The molecule has 0 aromatic heterocycles. The molecule has 1 heterocycles. The molecule has 114 valence electrons. The van der Waals surface area contributed by atoms with Crippen LogP contribution in [0.15, 0.2) is 0 Å². The molecule has 2 aliphatic rings. The highest BCUT2D eigenvalue weighted by molar-refractivity contribution is 5.76. The number of carboxylic acid groups (broad SMARTS) is 1. The fraction of sp³-hybridized carbons (Fsp3) is 0.867.